The summed E-state index contributed by atoms with van der Waals surface area (Å²) in [5.74, 6) is -1.15. The Balaban J connectivity index is 1.79. The topological polar surface area (TPSA) is 64.6 Å². The van der Waals surface area contributed by atoms with Crippen LogP contribution in [0.4, 0.5) is 9.18 Å². The number of hydrogen-bond acceptors (Lipinski definition) is 4. The quantitative estimate of drug-likeness (QED) is 0.815. The molecular weight excluding hydrogens is 325 g/mol. The number of hydrogen-bond donors (Lipinski definition) is 1. The van der Waals surface area contributed by atoms with E-state index in [0.29, 0.717) is 5.56 Å². The van der Waals surface area contributed by atoms with Gasteiger partial charge in [-0.15, -0.1) is 0 Å². The molecule has 130 valence electrons. The van der Waals surface area contributed by atoms with E-state index in [1.54, 1.807) is 6.08 Å². The third kappa shape index (κ3) is 5.76. The van der Waals surface area contributed by atoms with Crippen LogP contribution < -0.4 is 5.32 Å². The number of amides is 1. The standard InChI is InChI=1S/C19H18FNO4/c1-24-18(22)16-10-9-15(17(20)12-16)8-5-11-21-19(23)25-13-14-6-3-2-4-7-14/h2-10,12H,11,13H2,1H3,(H,21,23). The van der Waals surface area contributed by atoms with E-state index in [9.17, 15) is 14.0 Å². The van der Waals surface area contributed by atoms with Crippen LogP contribution in [0.5, 0.6) is 0 Å². The van der Waals surface area contributed by atoms with Crippen molar-refractivity contribution < 1.29 is 23.5 Å². The molecule has 0 aliphatic rings. The molecule has 0 radical (unpaired) electrons. The van der Waals surface area contributed by atoms with Crippen LogP contribution in [0, 0.1) is 5.82 Å². The van der Waals surface area contributed by atoms with Crippen LogP contribution in [0.25, 0.3) is 6.08 Å². The van der Waals surface area contributed by atoms with Gasteiger partial charge in [0.15, 0.2) is 0 Å². The van der Waals surface area contributed by atoms with E-state index in [-0.39, 0.29) is 18.7 Å². The number of alkyl carbamates (subject to hydrolysis) is 1. The zero-order valence-electron chi connectivity index (χ0n) is 13.7. The summed E-state index contributed by atoms with van der Waals surface area (Å²) in [6.45, 7) is 0.367. The van der Waals surface area contributed by atoms with Crippen LogP contribution in [0.3, 0.4) is 0 Å². The Bertz CT molecular complexity index is 759. The number of ether oxygens (including phenoxy) is 2. The van der Waals surface area contributed by atoms with Crippen molar-refractivity contribution in [3.63, 3.8) is 0 Å². The Labute approximate surface area is 145 Å². The van der Waals surface area contributed by atoms with Gasteiger partial charge in [-0.1, -0.05) is 48.6 Å². The number of rotatable bonds is 6. The summed E-state index contributed by atoms with van der Waals surface area (Å²) in [7, 11) is 1.23. The van der Waals surface area contributed by atoms with Gasteiger partial charge in [-0.05, 0) is 17.7 Å². The molecule has 0 aromatic heterocycles. The number of carbonyl (C=O) groups excluding carboxylic acids is 2. The average Bonchev–Trinajstić information content (AvgIpc) is 2.64. The van der Waals surface area contributed by atoms with E-state index in [2.05, 4.69) is 10.1 Å². The van der Waals surface area contributed by atoms with E-state index >= 15 is 0 Å². The Morgan fingerprint density at radius 1 is 1.16 bits per heavy atom. The molecule has 25 heavy (non-hydrogen) atoms. The van der Waals surface area contributed by atoms with Gasteiger partial charge in [0.2, 0.25) is 0 Å². The molecule has 0 heterocycles. The number of esters is 1. The summed E-state index contributed by atoms with van der Waals surface area (Å²) in [5.41, 5.74) is 1.33. The lowest BCUT2D eigenvalue weighted by molar-refractivity contribution is 0.0600. The number of nitrogens with one attached hydrogen (secondary N) is 1. The Hall–Kier alpha value is -3.15. The van der Waals surface area contributed by atoms with Crippen molar-refractivity contribution in [2.45, 2.75) is 6.61 Å². The molecule has 2 aromatic carbocycles. The minimum absolute atomic E-state index is 0.139. The first-order chi connectivity index (χ1) is 12.1. The van der Waals surface area contributed by atoms with Crippen molar-refractivity contribution in [2.24, 2.45) is 0 Å². The lowest BCUT2D eigenvalue weighted by Crippen LogP contribution is -2.24. The van der Waals surface area contributed by atoms with Crippen LogP contribution in [0.1, 0.15) is 21.5 Å². The number of carbonyl (C=O) groups is 2. The highest BCUT2D eigenvalue weighted by atomic mass is 19.1. The molecule has 0 aliphatic heterocycles. The molecule has 0 fully saturated rings. The maximum atomic E-state index is 13.9. The fourth-order valence-corrected chi connectivity index (χ4v) is 2.01. The smallest absolute Gasteiger partial charge is 0.407 e. The normalized spacial score (nSPS) is 10.5. The van der Waals surface area contributed by atoms with E-state index in [1.165, 1.54) is 25.3 Å². The van der Waals surface area contributed by atoms with Gasteiger partial charge in [-0.2, -0.15) is 0 Å². The summed E-state index contributed by atoms with van der Waals surface area (Å²) in [5, 5.41) is 2.54. The molecule has 1 amide bonds. The van der Waals surface area contributed by atoms with E-state index < -0.39 is 17.9 Å². The van der Waals surface area contributed by atoms with Crippen LogP contribution in [0.2, 0.25) is 0 Å². The van der Waals surface area contributed by atoms with Gasteiger partial charge < -0.3 is 14.8 Å². The Morgan fingerprint density at radius 2 is 1.92 bits per heavy atom. The van der Waals surface area contributed by atoms with Gasteiger partial charge in [0.25, 0.3) is 0 Å². The summed E-state index contributed by atoms with van der Waals surface area (Å²) in [4.78, 5) is 22.9. The van der Waals surface area contributed by atoms with Crippen molar-refractivity contribution >= 4 is 18.1 Å². The molecule has 0 aliphatic carbocycles. The van der Waals surface area contributed by atoms with Gasteiger partial charge in [0.05, 0.1) is 12.7 Å². The highest BCUT2D eigenvalue weighted by Gasteiger charge is 2.08. The maximum absolute atomic E-state index is 13.9. The number of halogens is 1. The van der Waals surface area contributed by atoms with Crippen LogP contribution in [-0.2, 0) is 16.1 Å². The fraction of sp³-hybridized carbons (Fsp3) is 0.158. The molecule has 0 bridgehead atoms. The predicted molar refractivity (Wildman–Crippen MR) is 91.4 cm³/mol. The molecule has 2 rings (SSSR count). The molecule has 0 saturated heterocycles. The second-order valence-corrected chi connectivity index (χ2v) is 5.07. The van der Waals surface area contributed by atoms with Gasteiger partial charge in [-0.3, -0.25) is 0 Å². The fourth-order valence-electron chi connectivity index (χ4n) is 2.01. The third-order valence-corrected chi connectivity index (χ3v) is 3.30. The third-order valence-electron chi connectivity index (χ3n) is 3.30. The van der Waals surface area contributed by atoms with E-state index in [4.69, 9.17) is 4.74 Å². The highest BCUT2D eigenvalue weighted by molar-refractivity contribution is 5.89. The first kappa shape index (κ1) is 18.2. The largest absolute Gasteiger partial charge is 0.465 e. The van der Waals surface area contributed by atoms with Gasteiger partial charge in [0, 0.05) is 12.1 Å². The molecule has 1 N–H and O–H groups in total. The minimum Gasteiger partial charge on any atom is -0.465 e. The lowest BCUT2D eigenvalue weighted by atomic mass is 10.1. The second kappa shape index (κ2) is 9.22. The first-order valence-electron chi connectivity index (χ1n) is 7.59. The monoisotopic (exact) mass is 343 g/mol. The van der Waals surface area contributed by atoms with E-state index in [0.717, 1.165) is 11.6 Å². The molecular formula is C19H18FNO4. The maximum Gasteiger partial charge on any atom is 0.407 e. The Kier molecular flexibility index (Phi) is 6.71. The summed E-state index contributed by atoms with van der Waals surface area (Å²) in [6, 6.07) is 13.3. The van der Waals surface area contributed by atoms with Crippen molar-refractivity contribution in [3.05, 3.63) is 77.1 Å². The van der Waals surface area contributed by atoms with Gasteiger partial charge >= 0.3 is 12.1 Å². The molecule has 6 heteroatoms. The molecule has 0 spiro atoms. The number of benzene rings is 2. The van der Waals surface area contributed by atoms with Crippen LogP contribution in [0.15, 0.2) is 54.6 Å². The summed E-state index contributed by atoms with van der Waals surface area (Å²) < 4.78 is 23.4. The first-order valence-corrected chi connectivity index (χ1v) is 7.59. The summed E-state index contributed by atoms with van der Waals surface area (Å²) in [6.07, 6.45) is 2.53. The molecule has 0 unspecified atom stereocenters. The van der Waals surface area contributed by atoms with Crippen LogP contribution in [-0.4, -0.2) is 25.7 Å². The SMILES string of the molecule is COC(=O)c1ccc(C=CCNC(=O)OCc2ccccc2)c(F)c1. The predicted octanol–water partition coefficient (Wildman–Crippen LogP) is 3.55. The zero-order chi connectivity index (χ0) is 18.1. The van der Waals surface area contributed by atoms with E-state index in [1.807, 2.05) is 30.3 Å². The molecule has 0 saturated carbocycles. The van der Waals surface area contributed by atoms with Crippen molar-refractivity contribution in [1.82, 2.24) is 5.32 Å². The second-order valence-electron chi connectivity index (χ2n) is 5.07. The molecule has 5 nitrogen and oxygen atoms in total. The molecule has 2 aromatic rings. The van der Waals surface area contributed by atoms with Gasteiger partial charge in [-0.25, -0.2) is 14.0 Å². The summed E-state index contributed by atoms with van der Waals surface area (Å²) >= 11 is 0. The van der Waals surface area contributed by atoms with Crippen molar-refractivity contribution in [1.29, 1.82) is 0 Å². The van der Waals surface area contributed by atoms with Gasteiger partial charge in [0.1, 0.15) is 12.4 Å². The Morgan fingerprint density at radius 3 is 2.60 bits per heavy atom. The van der Waals surface area contributed by atoms with Crippen molar-refractivity contribution in [3.8, 4) is 0 Å². The van der Waals surface area contributed by atoms with Crippen molar-refractivity contribution in [2.75, 3.05) is 13.7 Å². The minimum atomic E-state index is -0.600. The van der Waals surface area contributed by atoms with Crippen LogP contribution >= 0.6 is 0 Å². The zero-order valence-corrected chi connectivity index (χ0v) is 13.7. The molecule has 0 atom stereocenters. The average molecular weight is 343 g/mol. The lowest BCUT2D eigenvalue weighted by Gasteiger charge is -2.05. The highest BCUT2D eigenvalue weighted by Crippen LogP contribution is 2.13. The number of methoxy groups -OCH3 is 1.